The Balaban J connectivity index is 4.56. The molecule has 4 heteroatoms. The smallest absolute Gasteiger partial charge is 0.245 e. The molecule has 3 nitrogen and oxygen atoms in total. The van der Waals surface area contributed by atoms with Crippen molar-refractivity contribution in [3.63, 3.8) is 0 Å². The van der Waals surface area contributed by atoms with Crippen LogP contribution in [-0.4, -0.2) is 20.3 Å². The Hall–Kier alpha value is -0.353. The zero-order chi connectivity index (χ0) is 13.0. The Labute approximate surface area is 101 Å². The Bertz CT molecular complexity index is 234. The molecule has 0 aromatic heterocycles. The van der Waals surface area contributed by atoms with Crippen LogP contribution in [0.4, 0.5) is 0 Å². The first-order valence-electron chi connectivity index (χ1n) is 6.09. The molecule has 0 aliphatic heterocycles. The molecule has 0 rings (SSSR count). The summed E-state index contributed by atoms with van der Waals surface area (Å²) in [6.07, 6.45) is 2.39. The third kappa shape index (κ3) is 4.66. The van der Waals surface area contributed by atoms with Gasteiger partial charge in [0.25, 0.3) is 0 Å². The predicted octanol–water partition coefficient (Wildman–Crippen LogP) is 3.05. The van der Waals surface area contributed by atoms with Crippen LogP contribution in [0.5, 0.6) is 0 Å². The average Bonchev–Trinajstić information content (AvgIpc) is 2.09. The number of rotatable bonds is 6. The van der Waals surface area contributed by atoms with E-state index in [1.807, 2.05) is 0 Å². The summed E-state index contributed by atoms with van der Waals surface area (Å²) in [6.45, 7) is 12.9. The lowest BCUT2D eigenvalue weighted by atomic mass is 10.1. The average molecular weight is 245 g/mol. The molecule has 1 amide bonds. The summed E-state index contributed by atoms with van der Waals surface area (Å²) >= 11 is 0. The molecule has 0 heterocycles. The molecule has 16 heavy (non-hydrogen) atoms. The molecule has 0 bridgehead atoms. The first-order valence-corrected chi connectivity index (χ1v) is 8.99. The van der Waals surface area contributed by atoms with Crippen LogP contribution in [0, 0.1) is 0 Å². The molecule has 0 aliphatic rings. The normalized spacial score (nSPS) is 14.9. The standard InChI is InChI=1S/C12H27NO2Si/c1-7-8-9-10(11(13)14)15-16(5,6)12(2,3)4/h10H,7-9H2,1-6H3,(H2,13,14)/t10-/m0/s1. The van der Waals surface area contributed by atoms with Gasteiger partial charge in [-0.05, 0) is 24.6 Å². The maximum atomic E-state index is 11.3. The minimum Gasteiger partial charge on any atom is -0.405 e. The van der Waals surface area contributed by atoms with E-state index in [-0.39, 0.29) is 10.9 Å². The number of nitrogens with two attached hydrogens (primary N) is 1. The number of hydrogen-bond donors (Lipinski definition) is 1. The quantitative estimate of drug-likeness (QED) is 0.731. The molecule has 0 fully saturated rings. The molecule has 0 saturated carbocycles. The Morgan fingerprint density at radius 3 is 2.19 bits per heavy atom. The molecule has 0 aromatic carbocycles. The van der Waals surface area contributed by atoms with Crippen LogP contribution < -0.4 is 5.73 Å². The third-order valence-electron chi connectivity index (χ3n) is 3.38. The SMILES string of the molecule is CCCC[C@H](O[Si](C)(C)C(C)(C)C)C(N)=O. The predicted molar refractivity (Wildman–Crippen MR) is 70.8 cm³/mol. The van der Waals surface area contributed by atoms with Crippen LogP contribution >= 0.6 is 0 Å². The molecule has 0 radical (unpaired) electrons. The van der Waals surface area contributed by atoms with Gasteiger partial charge in [0.1, 0.15) is 6.10 Å². The van der Waals surface area contributed by atoms with Gasteiger partial charge in [-0.1, -0.05) is 40.5 Å². The van der Waals surface area contributed by atoms with Crippen molar-refractivity contribution in [3.05, 3.63) is 0 Å². The first kappa shape index (κ1) is 15.6. The van der Waals surface area contributed by atoms with Crippen molar-refractivity contribution in [2.24, 2.45) is 5.73 Å². The fourth-order valence-electron chi connectivity index (χ4n) is 1.18. The minimum absolute atomic E-state index is 0.118. The molecule has 0 unspecified atom stereocenters. The summed E-state index contributed by atoms with van der Waals surface area (Å²) < 4.78 is 6.03. The van der Waals surface area contributed by atoms with E-state index in [0.29, 0.717) is 0 Å². The third-order valence-corrected chi connectivity index (χ3v) is 7.87. The number of amides is 1. The molecule has 1 atom stereocenters. The lowest BCUT2D eigenvalue weighted by Gasteiger charge is -2.38. The highest BCUT2D eigenvalue weighted by atomic mass is 28.4. The Kier molecular flexibility index (Phi) is 5.69. The van der Waals surface area contributed by atoms with Gasteiger partial charge in [0, 0.05) is 0 Å². The monoisotopic (exact) mass is 245 g/mol. The number of carbonyl (C=O) groups excluding carboxylic acids is 1. The largest absolute Gasteiger partial charge is 0.405 e. The topological polar surface area (TPSA) is 52.3 Å². The zero-order valence-electron chi connectivity index (χ0n) is 11.6. The number of carbonyl (C=O) groups is 1. The summed E-state index contributed by atoms with van der Waals surface area (Å²) in [6, 6.07) is 0. The lowest BCUT2D eigenvalue weighted by Crippen LogP contribution is -2.47. The number of unbranched alkanes of at least 4 members (excludes halogenated alkanes) is 1. The summed E-state index contributed by atoms with van der Waals surface area (Å²) in [7, 11) is -1.88. The molecular weight excluding hydrogens is 218 g/mol. The van der Waals surface area contributed by atoms with Gasteiger partial charge in [-0.25, -0.2) is 0 Å². The van der Waals surface area contributed by atoms with Crippen LogP contribution in [0.3, 0.4) is 0 Å². The van der Waals surface area contributed by atoms with Gasteiger partial charge in [-0.3, -0.25) is 4.79 Å². The Morgan fingerprint density at radius 1 is 1.38 bits per heavy atom. The van der Waals surface area contributed by atoms with Crippen LogP contribution in [0.1, 0.15) is 47.0 Å². The van der Waals surface area contributed by atoms with Crippen molar-refractivity contribution in [1.29, 1.82) is 0 Å². The van der Waals surface area contributed by atoms with Gasteiger partial charge in [-0.2, -0.15) is 0 Å². The van der Waals surface area contributed by atoms with Gasteiger partial charge in [0.05, 0.1) is 0 Å². The fourth-order valence-corrected chi connectivity index (χ4v) is 2.48. The number of primary amides is 1. The van der Waals surface area contributed by atoms with E-state index in [2.05, 4.69) is 40.8 Å². The maximum Gasteiger partial charge on any atom is 0.245 e. The van der Waals surface area contributed by atoms with Crippen LogP contribution in [-0.2, 0) is 9.22 Å². The Morgan fingerprint density at radius 2 is 1.88 bits per heavy atom. The maximum absolute atomic E-state index is 11.3. The molecule has 0 saturated heterocycles. The van der Waals surface area contributed by atoms with E-state index in [9.17, 15) is 4.79 Å². The summed E-state index contributed by atoms with van der Waals surface area (Å²) in [4.78, 5) is 11.3. The summed E-state index contributed by atoms with van der Waals surface area (Å²) in [5.74, 6) is -0.321. The summed E-state index contributed by atoms with van der Waals surface area (Å²) in [5.41, 5.74) is 5.39. The van der Waals surface area contributed by atoms with Crippen molar-refractivity contribution >= 4 is 14.2 Å². The highest BCUT2D eigenvalue weighted by Gasteiger charge is 2.40. The zero-order valence-corrected chi connectivity index (χ0v) is 12.6. The van der Waals surface area contributed by atoms with E-state index in [1.165, 1.54) is 0 Å². The van der Waals surface area contributed by atoms with Crippen molar-refractivity contribution in [2.45, 2.75) is 71.2 Å². The lowest BCUT2D eigenvalue weighted by molar-refractivity contribution is -0.125. The van der Waals surface area contributed by atoms with Crippen LogP contribution in [0.2, 0.25) is 18.1 Å². The van der Waals surface area contributed by atoms with Gasteiger partial charge < -0.3 is 10.2 Å². The van der Waals surface area contributed by atoms with Crippen molar-refractivity contribution in [2.75, 3.05) is 0 Å². The second-order valence-corrected chi connectivity index (χ2v) is 10.7. The minimum atomic E-state index is -1.88. The summed E-state index contributed by atoms with van der Waals surface area (Å²) in [5, 5.41) is 0.118. The van der Waals surface area contributed by atoms with E-state index in [4.69, 9.17) is 10.2 Å². The second-order valence-electron chi connectivity index (χ2n) is 5.91. The first-order chi connectivity index (χ1) is 7.12. The van der Waals surface area contributed by atoms with Gasteiger partial charge in [0.2, 0.25) is 5.91 Å². The molecule has 0 aliphatic carbocycles. The molecule has 0 aromatic rings. The molecule has 2 N–H and O–H groups in total. The van der Waals surface area contributed by atoms with Gasteiger partial charge >= 0.3 is 0 Å². The van der Waals surface area contributed by atoms with E-state index in [1.54, 1.807) is 0 Å². The second kappa shape index (κ2) is 5.82. The van der Waals surface area contributed by atoms with E-state index in [0.717, 1.165) is 19.3 Å². The van der Waals surface area contributed by atoms with E-state index < -0.39 is 14.4 Å². The number of hydrogen-bond acceptors (Lipinski definition) is 2. The highest BCUT2D eigenvalue weighted by molar-refractivity contribution is 6.74. The van der Waals surface area contributed by atoms with Crippen molar-refractivity contribution in [3.8, 4) is 0 Å². The van der Waals surface area contributed by atoms with Gasteiger partial charge in [0.15, 0.2) is 8.32 Å². The van der Waals surface area contributed by atoms with E-state index >= 15 is 0 Å². The molecule has 96 valence electrons. The molecule has 0 spiro atoms. The highest BCUT2D eigenvalue weighted by Crippen LogP contribution is 2.37. The van der Waals surface area contributed by atoms with Crippen LogP contribution in [0.15, 0.2) is 0 Å². The van der Waals surface area contributed by atoms with Gasteiger partial charge in [-0.15, -0.1) is 0 Å². The molecular formula is C12H27NO2Si. The van der Waals surface area contributed by atoms with Crippen molar-refractivity contribution in [1.82, 2.24) is 0 Å². The fraction of sp³-hybridized carbons (Fsp3) is 0.917. The van der Waals surface area contributed by atoms with Crippen LogP contribution in [0.25, 0.3) is 0 Å². The van der Waals surface area contributed by atoms with Crippen molar-refractivity contribution < 1.29 is 9.22 Å².